The first-order valence-electron chi connectivity index (χ1n) is 4.37. The van der Waals surface area contributed by atoms with Gasteiger partial charge >= 0.3 is 0 Å². The van der Waals surface area contributed by atoms with Crippen molar-refractivity contribution in [3.8, 4) is 0 Å². The minimum Gasteiger partial charge on any atom is -0.395 e. The Kier molecular flexibility index (Phi) is 5.02. The molecule has 0 fully saturated rings. The summed E-state index contributed by atoms with van der Waals surface area (Å²) in [6, 6.07) is 0. The molecule has 8 heteroatoms. The predicted molar refractivity (Wildman–Crippen MR) is 56.0 cm³/mol. The van der Waals surface area contributed by atoms with Gasteiger partial charge in [0.05, 0.1) is 13.2 Å². The van der Waals surface area contributed by atoms with E-state index in [1.54, 1.807) is 0 Å². The van der Waals surface area contributed by atoms with Gasteiger partial charge < -0.3 is 20.8 Å². The number of rotatable bonds is 6. The quantitative estimate of drug-likeness (QED) is 0.517. The van der Waals surface area contributed by atoms with Gasteiger partial charge in [0.25, 0.3) is 0 Å². The van der Waals surface area contributed by atoms with Gasteiger partial charge in [0.15, 0.2) is 0 Å². The lowest BCUT2D eigenvalue weighted by Crippen LogP contribution is -2.13. The van der Waals surface area contributed by atoms with Crippen LogP contribution in [0.5, 0.6) is 0 Å². The molecule has 7 nitrogen and oxygen atoms in total. The van der Waals surface area contributed by atoms with Crippen LogP contribution in [0.3, 0.4) is 0 Å². The number of hydrogen-bond acceptors (Lipinski definition) is 7. The van der Waals surface area contributed by atoms with Gasteiger partial charge in [-0.15, -0.1) is 0 Å². The van der Waals surface area contributed by atoms with Crippen molar-refractivity contribution in [2.75, 3.05) is 36.9 Å². The van der Waals surface area contributed by atoms with Crippen molar-refractivity contribution < 1.29 is 10.2 Å². The second-order valence-electron chi connectivity index (χ2n) is 2.55. The highest BCUT2D eigenvalue weighted by atomic mass is 35.5. The Labute approximate surface area is 91.5 Å². The molecular formula is C7H12ClN5O2. The third-order valence-corrected chi connectivity index (χ3v) is 1.57. The summed E-state index contributed by atoms with van der Waals surface area (Å²) in [6.07, 6.45) is 0. The summed E-state index contributed by atoms with van der Waals surface area (Å²) >= 11 is 5.64. The summed E-state index contributed by atoms with van der Waals surface area (Å²) in [4.78, 5) is 11.6. The fraction of sp³-hybridized carbons (Fsp3) is 0.571. The highest BCUT2D eigenvalue weighted by Gasteiger charge is 2.03. The molecule has 1 heterocycles. The molecule has 0 aliphatic carbocycles. The maximum absolute atomic E-state index is 8.59. The molecular weight excluding hydrogens is 222 g/mol. The highest BCUT2D eigenvalue weighted by molar-refractivity contribution is 6.28. The van der Waals surface area contributed by atoms with Gasteiger partial charge in [0.1, 0.15) is 0 Å². The number of aliphatic hydroxyl groups is 2. The molecule has 84 valence electrons. The standard InChI is InChI=1S/C7H12ClN5O2/c8-5-11-6(9-1-3-14)13-7(12-5)10-2-4-15/h14-15H,1-4H2,(H2,9,10,11,12,13). The molecule has 0 amide bonds. The smallest absolute Gasteiger partial charge is 0.228 e. The summed E-state index contributed by atoms with van der Waals surface area (Å²) < 4.78 is 0. The predicted octanol–water partition coefficient (Wildman–Crippen LogP) is -0.667. The third kappa shape index (κ3) is 4.24. The van der Waals surface area contributed by atoms with Crippen LogP contribution in [0.1, 0.15) is 0 Å². The largest absolute Gasteiger partial charge is 0.395 e. The molecule has 1 aromatic heterocycles. The Morgan fingerprint density at radius 1 is 0.933 bits per heavy atom. The number of nitrogens with one attached hydrogen (secondary N) is 2. The van der Waals surface area contributed by atoms with Crippen molar-refractivity contribution in [1.29, 1.82) is 0 Å². The molecule has 0 atom stereocenters. The Bertz CT molecular complexity index is 285. The molecule has 4 N–H and O–H groups in total. The van der Waals surface area contributed by atoms with E-state index in [0.717, 1.165) is 0 Å². The van der Waals surface area contributed by atoms with Crippen LogP contribution in [-0.4, -0.2) is 51.5 Å². The molecule has 0 aromatic carbocycles. The second kappa shape index (κ2) is 6.33. The molecule has 0 spiro atoms. The van der Waals surface area contributed by atoms with E-state index in [1.807, 2.05) is 0 Å². The van der Waals surface area contributed by atoms with E-state index in [1.165, 1.54) is 0 Å². The van der Waals surface area contributed by atoms with Crippen LogP contribution in [0, 0.1) is 0 Å². The van der Waals surface area contributed by atoms with E-state index in [0.29, 0.717) is 13.1 Å². The van der Waals surface area contributed by atoms with E-state index in [4.69, 9.17) is 21.8 Å². The van der Waals surface area contributed by atoms with Crippen molar-refractivity contribution >= 4 is 23.5 Å². The average Bonchev–Trinajstić information content (AvgIpc) is 2.23. The number of nitrogens with zero attached hydrogens (tertiary/aromatic N) is 3. The molecule has 0 unspecified atom stereocenters. The minimum absolute atomic E-state index is 0.0251. The molecule has 0 bridgehead atoms. The zero-order valence-corrected chi connectivity index (χ0v) is 8.70. The van der Waals surface area contributed by atoms with E-state index >= 15 is 0 Å². The van der Waals surface area contributed by atoms with Gasteiger partial charge in [-0.25, -0.2) is 0 Å². The van der Waals surface area contributed by atoms with E-state index in [9.17, 15) is 0 Å². The van der Waals surface area contributed by atoms with Gasteiger partial charge in [-0.1, -0.05) is 0 Å². The summed E-state index contributed by atoms with van der Waals surface area (Å²) in [5, 5.41) is 22.7. The first-order valence-corrected chi connectivity index (χ1v) is 4.75. The molecule has 0 saturated heterocycles. The lowest BCUT2D eigenvalue weighted by atomic mass is 10.6. The van der Waals surface area contributed by atoms with Gasteiger partial charge in [-0.2, -0.15) is 15.0 Å². The molecule has 1 aromatic rings. The Balaban J connectivity index is 2.66. The molecule has 0 aliphatic rings. The third-order valence-electron chi connectivity index (χ3n) is 1.40. The van der Waals surface area contributed by atoms with E-state index in [-0.39, 0.29) is 30.4 Å². The number of halogens is 1. The maximum atomic E-state index is 8.59. The van der Waals surface area contributed by atoms with Crippen molar-refractivity contribution in [3.05, 3.63) is 5.28 Å². The second-order valence-corrected chi connectivity index (χ2v) is 2.89. The van der Waals surface area contributed by atoms with Crippen LogP contribution in [0.25, 0.3) is 0 Å². The lowest BCUT2D eigenvalue weighted by Gasteiger charge is -2.06. The number of anilines is 2. The van der Waals surface area contributed by atoms with E-state index < -0.39 is 0 Å². The fourth-order valence-corrected chi connectivity index (χ4v) is 1.00. The van der Waals surface area contributed by atoms with Crippen LogP contribution < -0.4 is 10.6 Å². The molecule has 15 heavy (non-hydrogen) atoms. The molecule has 0 radical (unpaired) electrons. The minimum atomic E-state index is -0.0251. The summed E-state index contributed by atoms with van der Waals surface area (Å²) in [5.74, 6) is 0.564. The average molecular weight is 234 g/mol. The van der Waals surface area contributed by atoms with Crippen LogP contribution >= 0.6 is 11.6 Å². The molecule has 1 rings (SSSR count). The normalized spacial score (nSPS) is 10.1. The Morgan fingerprint density at radius 3 is 1.80 bits per heavy atom. The number of hydrogen-bond donors (Lipinski definition) is 4. The first-order chi connectivity index (χ1) is 7.26. The Morgan fingerprint density at radius 2 is 1.40 bits per heavy atom. The van der Waals surface area contributed by atoms with Crippen LogP contribution in [0.15, 0.2) is 0 Å². The van der Waals surface area contributed by atoms with E-state index in [2.05, 4.69) is 25.6 Å². The topological polar surface area (TPSA) is 103 Å². The van der Waals surface area contributed by atoms with Crippen LogP contribution in [0.4, 0.5) is 11.9 Å². The Hall–Kier alpha value is -1.18. The van der Waals surface area contributed by atoms with Gasteiger partial charge in [-0.3, -0.25) is 0 Å². The molecule has 0 saturated carbocycles. The SMILES string of the molecule is OCCNc1nc(Cl)nc(NCCO)n1. The first kappa shape index (κ1) is 11.9. The zero-order chi connectivity index (χ0) is 11.1. The summed E-state index contributed by atoms with van der Waals surface area (Å²) in [6.45, 7) is 0.616. The van der Waals surface area contributed by atoms with Gasteiger partial charge in [0, 0.05) is 13.1 Å². The highest BCUT2D eigenvalue weighted by Crippen LogP contribution is 2.08. The van der Waals surface area contributed by atoms with Gasteiger partial charge in [-0.05, 0) is 11.6 Å². The monoisotopic (exact) mass is 233 g/mol. The summed E-state index contributed by atoms with van der Waals surface area (Å²) in [5.41, 5.74) is 0. The van der Waals surface area contributed by atoms with Crippen LogP contribution in [0.2, 0.25) is 5.28 Å². The van der Waals surface area contributed by atoms with Crippen molar-refractivity contribution in [2.45, 2.75) is 0 Å². The zero-order valence-electron chi connectivity index (χ0n) is 7.94. The van der Waals surface area contributed by atoms with Crippen LogP contribution in [-0.2, 0) is 0 Å². The van der Waals surface area contributed by atoms with Crippen molar-refractivity contribution in [2.24, 2.45) is 0 Å². The van der Waals surface area contributed by atoms with Crippen molar-refractivity contribution in [1.82, 2.24) is 15.0 Å². The molecule has 0 aliphatic heterocycles. The fourth-order valence-electron chi connectivity index (χ4n) is 0.844. The lowest BCUT2D eigenvalue weighted by molar-refractivity contribution is 0.310. The summed E-state index contributed by atoms with van der Waals surface area (Å²) in [7, 11) is 0. The number of aromatic nitrogens is 3. The van der Waals surface area contributed by atoms with Crippen molar-refractivity contribution in [3.63, 3.8) is 0 Å². The van der Waals surface area contributed by atoms with Gasteiger partial charge in [0.2, 0.25) is 17.2 Å². The maximum Gasteiger partial charge on any atom is 0.228 e. The number of aliphatic hydroxyl groups excluding tert-OH is 2.